The number of Topliss-reactive ketones (excluding diaryl/α,β-unsaturated/α-hetero) is 1. The summed E-state index contributed by atoms with van der Waals surface area (Å²) >= 11 is 6.09. The zero-order valence-electron chi connectivity index (χ0n) is 17.0. The molecule has 2 heterocycles. The van der Waals surface area contributed by atoms with E-state index in [0.717, 1.165) is 24.4 Å². The minimum absolute atomic E-state index is 0.190. The number of ether oxygens (including phenoxy) is 1. The summed E-state index contributed by atoms with van der Waals surface area (Å²) in [4.78, 5) is 25.0. The van der Waals surface area contributed by atoms with Gasteiger partial charge in [0, 0.05) is 30.5 Å². The van der Waals surface area contributed by atoms with Gasteiger partial charge >= 0.3 is 5.97 Å². The number of rotatable bonds is 7. The molecular formula is C22H24ClN3O3. The van der Waals surface area contributed by atoms with Gasteiger partial charge in [-0.1, -0.05) is 41.9 Å². The highest BCUT2D eigenvalue weighted by Crippen LogP contribution is 2.21. The molecule has 0 saturated heterocycles. The molecule has 0 spiro atoms. The molecule has 1 aromatic carbocycles. The van der Waals surface area contributed by atoms with E-state index in [1.54, 1.807) is 14.0 Å². The van der Waals surface area contributed by atoms with Crippen LogP contribution in [0.2, 0.25) is 5.15 Å². The number of aryl methyl sites for hydroxylation is 4. The number of benzene rings is 1. The second-order valence-electron chi connectivity index (χ2n) is 7.05. The Balaban J connectivity index is 1.67. The third-order valence-corrected chi connectivity index (χ3v) is 5.47. The SMILES string of the molecule is Cc1nn(C)c(Cl)c1C(=O)OCC(=O)c1cc(C)n(CCc2ccccc2)c1C. The van der Waals surface area contributed by atoms with Crippen LogP contribution in [0, 0.1) is 20.8 Å². The summed E-state index contributed by atoms with van der Waals surface area (Å²) in [6.45, 7) is 5.99. The standard InChI is InChI=1S/C22H24ClN3O3/c1-14-12-18(16(3)26(14)11-10-17-8-6-5-7-9-17)19(27)13-29-22(28)20-15(2)24-25(4)21(20)23/h5-9,12H,10-11,13H2,1-4H3. The molecule has 0 unspecified atom stereocenters. The van der Waals surface area contributed by atoms with Gasteiger partial charge in [-0.25, -0.2) is 4.79 Å². The maximum atomic E-state index is 12.7. The predicted octanol–water partition coefficient (Wildman–Crippen LogP) is 4.08. The van der Waals surface area contributed by atoms with E-state index in [4.69, 9.17) is 16.3 Å². The van der Waals surface area contributed by atoms with Gasteiger partial charge in [-0.05, 0) is 38.8 Å². The van der Waals surface area contributed by atoms with Crippen molar-refractivity contribution in [1.29, 1.82) is 0 Å². The Hall–Kier alpha value is -2.86. The van der Waals surface area contributed by atoms with Crippen molar-refractivity contribution in [3.63, 3.8) is 0 Å². The van der Waals surface area contributed by atoms with E-state index in [9.17, 15) is 9.59 Å². The second-order valence-corrected chi connectivity index (χ2v) is 7.40. The molecule has 3 aromatic rings. The normalized spacial score (nSPS) is 10.9. The number of esters is 1. The average molecular weight is 414 g/mol. The first-order chi connectivity index (χ1) is 13.8. The summed E-state index contributed by atoms with van der Waals surface area (Å²) in [5.74, 6) is -0.887. The van der Waals surface area contributed by atoms with E-state index < -0.39 is 5.97 Å². The number of hydrogen-bond acceptors (Lipinski definition) is 4. The van der Waals surface area contributed by atoms with Crippen molar-refractivity contribution in [2.45, 2.75) is 33.7 Å². The van der Waals surface area contributed by atoms with E-state index in [2.05, 4.69) is 21.8 Å². The molecule has 0 aliphatic heterocycles. The van der Waals surface area contributed by atoms with Gasteiger partial charge in [0.25, 0.3) is 0 Å². The summed E-state index contributed by atoms with van der Waals surface area (Å²) in [5.41, 5.74) is 4.33. The molecule has 2 aromatic heterocycles. The van der Waals surface area contributed by atoms with Crippen LogP contribution in [0.4, 0.5) is 0 Å². The van der Waals surface area contributed by atoms with Gasteiger partial charge in [0.15, 0.2) is 6.61 Å². The van der Waals surface area contributed by atoms with E-state index in [1.807, 2.05) is 38.1 Å². The van der Waals surface area contributed by atoms with Crippen molar-refractivity contribution in [2.75, 3.05) is 6.61 Å². The fourth-order valence-electron chi connectivity index (χ4n) is 3.46. The van der Waals surface area contributed by atoms with Gasteiger partial charge in [-0.2, -0.15) is 5.10 Å². The highest BCUT2D eigenvalue weighted by atomic mass is 35.5. The van der Waals surface area contributed by atoms with Gasteiger partial charge in [-0.3, -0.25) is 9.48 Å². The quantitative estimate of drug-likeness (QED) is 0.432. The van der Waals surface area contributed by atoms with E-state index >= 15 is 0 Å². The second kappa shape index (κ2) is 8.66. The van der Waals surface area contributed by atoms with Crippen molar-refractivity contribution >= 4 is 23.4 Å². The van der Waals surface area contributed by atoms with Crippen LogP contribution >= 0.6 is 11.6 Å². The Morgan fingerprint density at radius 3 is 2.45 bits per heavy atom. The topological polar surface area (TPSA) is 66.1 Å². The molecule has 29 heavy (non-hydrogen) atoms. The Bertz CT molecular complexity index is 1050. The molecular weight excluding hydrogens is 390 g/mol. The average Bonchev–Trinajstić information content (AvgIpc) is 3.13. The van der Waals surface area contributed by atoms with Crippen molar-refractivity contribution in [2.24, 2.45) is 7.05 Å². The Morgan fingerprint density at radius 2 is 1.83 bits per heavy atom. The first-order valence-electron chi connectivity index (χ1n) is 9.39. The number of ketones is 1. The van der Waals surface area contributed by atoms with E-state index in [0.29, 0.717) is 11.3 Å². The third kappa shape index (κ3) is 4.43. The van der Waals surface area contributed by atoms with Gasteiger partial charge in [0.05, 0.1) is 5.69 Å². The Kier molecular flexibility index (Phi) is 6.23. The number of carbonyl (C=O) groups is 2. The van der Waals surface area contributed by atoms with Crippen LogP contribution < -0.4 is 0 Å². The zero-order valence-corrected chi connectivity index (χ0v) is 17.8. The minimum atomic E-state index is -0.646. The molecule has 0 aliphatic rings. The van der Waals surface area contributed by atoms with Gasteiger partial charge in [0.1, 0.15) is 10.7 Å². The van der Waals surface area contributed by atoms with Crippen molar-refractivity contribution in [1.82, 2.24) is 14.3 Å². The van der Waals surface area contributed by atoms with Crippen LogP contribution in [0.3, 0.4) is 0 Å². The highest BCUT2D eigenvalue weighted by molar-refractivity contribution is 6.32. The number of halogens is 1. The number of hydrogen-bond donors (Lipinski definition) is 0. The molecule has 152 valence electrons. The van der Waals surface area contributed by atoms with E-state index in [1.165, 1.54) is 10.2 Å². The maximum Gasteiger partial charge on any atom is 0.343 e. The van der Waals surface area contributed by atoms with Gasteiger partial charge < -0.3 is 9.30 Å². The molecule has 6 nitrogen and oxygen atoms in total. The summed E-state index contributed by atoms with van der Waals surface area (Å²) < 4.78 is 8.73. The molecule has 0 atom stereocenters. The lowest BCUT2D eigenvalue weighted by atomic mass is 10.1. The molecule has 0 saturated carbocycles. The molecule has 0 amide bonds. The van der Waals surface area contributed by atoms with Crippen molar-refractivity contribution in [3.05, 3.63) is 75.3 Å². The van der Waals surface area contributed by atoms with Gasteiger partial charge in [-0.15, -0.1) is 0 Å². The summed E-state index contributed by atoms with van der Waals surface area (Å²) in [7, 11) is 1.64. The van der Waals surface area contributed by atoms with E-state index in [-0.39, 0.29) is 23.1 Å². The lowest BCUT2D eigenvalue weighted by molar-refractivity contribution is 0.0474. The smallest absolute Gasteiger partial charge is 0.343 e. The number of aromatic nitrogens is 3. The molecule has 0 bridgehead atoms. The molecule has 0 fully saturated rings. The molecule has 3 rings (SSSR count). The van der Waals surface area contributed by atoms with Crippen LogP contribution in [0.1, 0.15) is 43.4 Å². The third-order valence-electron chi connectivity index (χ3n) is 5.03. The minimum Gasteiger partial charge on any atom is -0.454 e. The summed E-state index contributed by atoms with van der Waals surface area (Å²) in [6.07, 6.45) is 0.874. The van der Waals surface area contributed by atoms with Crippen molar-refractivity contribution in [3.8, 4) is 0 Å². The van der Waals surface area contributed by atoms with Crippen LogP contribution in [-0.2, 0) is 24.8 Å². The highest BCUT2D eigenvalue weighted by Gasteiger charge is 2.22. The van der Waals surface area contributed by atoms with Crippen LogP contribution in [-0.4, -0.2) is 32.7 Å². The largest absolute Gasteiger partial charge is 0.454 e. The van der Waals surface area contributed by atoms with Crippen LogP contribution in [0.15, 0.2) is 36.4 Å². The lowest BCUT2D eigenvalue weighted by Crippen LogP contribution is -2.16. The van der Waals surface area contributed by atoms with Crippen molar-refractivity contribution < 1.29 is 14.3 Å². The summed E-state index contributed by atoms with van der Waals surface area (Å²) in [5, 5.41) is 4.28. The van der Waals surface area contributed by atoms with Crippen LogP contribution in [0.5, 0.6) is 0 Å². The van der Waals surface area contributed by atoms with Crippen LogP contribution in [0.25, 0.3) is 0 Å². The fraction of sp³-hybridized carbons (Fsp3) is 0.318. The molecule has 0 N–H and O–H groups in total. The zero-order chi connectivity index (χ0) is 21.1. The number of carbonyl (C=O) groups excluding carboxylic acids is 2. The molecule has 0 radical (unpaired) electrons. The Morgan fingerprint density at radius 1 is 1.14 bits per heavy atom. The lowest BCUT2D eigenvalue weighted by Gasteiger charge is -2.10. The molecule has 0 aliphatic carbocycles. The Labute approximate surface area is 175 Å². The summed E-state index contributed by atoms with van der Waals surface area (Å²) in [6, 6.07) is 12.1. The fourth-order valence-corrected chi connectivity index (χ4v) is 3.71. The maximum absolute atomic E-state index is 12.7. The monoisotopic (exact) mass is 413 g/mol. The first-order valence-corrected chi connectivity index (χ1v) is 9.77. The first kappa shape index (κ1) is 20.9. The molecule has 7 heteroatoms. The predicted molar refractivity (Wildman–Crippen MR) is 112 cm³/mol. The number of nitrogens with zero attached hydrogens (tertiary/aromatic N) is 3. The van der Waals surface area contributed by atoms with Gasteiger partial charge in [0.2, 0.25) is 5.78 Å².